The van der Waals surface area contributed by atoms with E-state index in [1.165, 1.54) is 0 Å². The molecule has 0 aliphatic heterocycles. The largest absolute Gasteiger partial charge is 0.496 e. The van der Waals surface area contributed by atoms with Gasteiger partial charge in [-0.05, 0) is 11.1 Å². The molecule has 0 fully saturated rings. The maximum absolute atomic E-state index is 9.86. The van der Waals surface area contributed by atoms with Crippen LogP contribution in [-0.2, 0) is 19.8 Å². The van der Waals surface area contributed by atoms with Gasteiger partial charge >= 0.3 is 0 Å². The molecule has 3 aromatic carbocycles. The molecule has 3 aromatic rings. The molecule has 3 rings (SSSR count). The molecule has 4 heteroatoms. The van der Waals surface area contributed by atoms with Crippen LogP contribution in [0.5, 0.6) is 17.2 Å². The zero-order valence-electron chi connectivity index (χ0n) is 14.7. The summed E-state index contributed by atoms with van der Waals surface area (Å²) < 4.78 is 17.2. The lowest BCUT2D eigenvalue weighted by Crippen LogP contribution is -2.04. The Balaban J connectivity index is 1.81. The highest BCUT2D eigenvalue weighted by molar-refractivity contribution is 5.50. The van der Waals surface area contributed by atoms with Crippen LogP contribution in [0.1, 0.15) is 16.7 Å². The average molecular weight is 350 g/mol. The minimum atomic E-state index is -0.182. The Morgan fingerprint density at radius 3 is 1.58 bits per heavy atom. The normalized spacial score (nSPS) is 10.4. The van der Waals surface area contributed by atoms with Gasteiger partial charge in [-0.15, -0.1) is 0 Å². The Kier molecular flexibility index (Phi) is 6.12. The Labute approximate surface area is 153 Å². The molecular weight excluding hydrogens is 328 g/mol. The molecule has 0 unspecified atom stereocenters. The van der Waals surface area contributed by atoms with Crippen molar-refractivity contribution in [3.8, 4) is 17.2 Å². The molecule has 1 N–H and O–H groups in total. The monoisotopic (exact) mass is 350 g/mol. The lowest BCUT2D eigenvalue weighted by atomic mass is 10.1. The predicted octanol–water partition coefficient (Wildman–Crippen LogP) is 4.35. The van der Waals surface area contributed by atoms with Crippen molar-refractivity contribution in [2.75, 3.05) is 7.11 Å². The Hall–Kier alpha value is -2.98. The molecule has 0 saturated heterocycles. The van der Waals surface area contributed by atoms with Gasteiger partial charge in [0.25, 0.3) is 0 Å². The summed E-state index contributed by atoms with van der Waals surface area (Å²) >= 11 is 0. The van der Waals surface area contributed by atoms with E-state index in [1.54, 1.807) is 19.2 Å². The molecule has 0 saturated carbocycles. The second-order valence-electron chi connectivity index (χ2n) is 5.81. The number of aliphatic hydroxyl groups is 1. The third kappa shape index (κ3) is 4.55. The summed E-state index contributed by atoms with van der Waals surface area (Å²) in [6.07, 6.45) is 0. The minimum absolute atomic E-state index is 0.182. The van der Waals surface area contributed by atoms with Gasteiger partial charge in [0.15, 0.2) is 0 Å². The molecule has 134 valence electrons. The summed E-state index contributed by atoms with van der Waals surface area (Å²) in [7, 11) is 1.59. The number of methoxy groups -OCH3 is 1. The van der Waals surface area contributed by atoms with Gasteiger partial charge in [0, 0.05) is 12.1 Å². The molecule has 0 aromatic heterocycles. The molecule has 0 atom stereocenters. The van der Waals surface area contributed by atoms with Gasteiger partial charge in [0.1, 0.15) is 30.5 Å². The highest BCUT2D eigenvalue weighted by Crippen LogP contribution is 2.35. The Morgan fingerprint density at radius 2 is 1.19 bits per heavy atom. The quantitative estimate of drug-likeness (QED) is 0.656. The molecule has 26 heavy (non-hydrogen) atoms. The Morgan fingerprint density at radius 1 is 0.731 bits per heavy atom. The van der Waals surface area contributed by atoms with E-state index in [-0.39, 0.29) is 6.61 Å². The molecule has 0 heterocycles. The maximum atomic E-state index is 9.86. The van der Waals surface area contributed by atoms with Crippen molar-refractivity contribution in [1.29, 1.82) is 0 Å². The van der Waals surface area contributed by atoms with Crippen molar-refractivity contribution in [2.45, 2.75) is 19.8 Å². The van der Waals surface area contributed by atoms with Crippen molar-refractivity contribution < 1.29 is 19.3 Å². The first-order valence-corrected chi connectivity index (χ1v) is 8.45. The van der Waals surface area contributed by atoms with Gasteiger partial charge in [-0.3, -0.25) is 0 Å². The second-order valence-corrected chi connectivity index (χ2v) is 5.81. The highest BCUT2D eigenvalue weighted by Gasteiger charge is 2.14. The molecule has 0 bridgehead atoms. The van der Waals surface area contributed by atoms with Crippen LogP contribution in [0.3, 0.4) is 0 Å². The van der Waals surface area contributed by atoms with Crippen molar-refractivity contribution >= 4 is 0 Å². The number of benzene rings is 3. The molecule has 0 aliphatic carbocycles. The smallest absolute Gasteiger partial charge is 0.132 e. The van der Waals surface area contributed by atoms with Gasteiger partial charge in [0.05, 0.1) is 19.3 Å². The Bertz CT molecular complexity index is 752. The summed E-state index contributed by atoms with van der Waals surface area (Å²) in [4.78, 5) is 0. The van der Waals surface area contributed by atoms with E-state index in [9.17, 15) is 5.11 Å². The van der Waals surface area contributed by atoms with E-state index in [0.29, 0.717) is 36.0 Å². The first-order chi connectivity index (χ1) is 12.8. The summed E-state index contributed by atoms with van der Waals surface area (Å²) in [6.45, 7) is 0.622. The van der Waals surface area contributed by atoms with Crippen LogP contribution < -0.4 is 14.2 Å². The molecule has 0 amide bonds. The average Bonchev–Trinajstić information content (AvgIpc) is 2.71. The van der Waals surface area contributed by atoms with Crippen LogP contribution in [0.2, 0.25) is 0 Å². The summed E-state index contributed by atoms with van der Waals surface area (Å²) in [5.41, 5.74) is 2.70. The lowest BCUT2D eigenvalue weighted by molar-refractivity contribution is 0.239. The van der Waals surface area contributed by atoms with Crippen molar-refractivity contribution in [2.24, 2.45) is 0 Å². The number of hydrogen-bond donors (Lipinski definition) is 1. The van der Waals surface area contributed by atoms with Gasteiger partial charge < -0.3 is 19.3 Å². The molecule has 0 aliphatic rings. The molecular formula is C22H22O4. The van der Waals surface area contributed by atoms with E-state index in [1.807, 2.05) is 60.7 Å². The molecule has 0 spiro atoms. The summed E-state index contributed by atoms with van der Waals surface area (Å²) in [5.74, 6) is 1.73. The summed E-state index contributed by atoms with van der Waals surface area (Å²) in [6, 6.07) is 23.3. The fourth-order valence-electron chi connectivity index (χ4n) is 2.60. The van der Waals surface area contributed by atoms with Crippen LogP contribution in [0.25, 0.3) is 0 Å². The predicted molar refractivity (Wildman–Crippen MR) is 100 cm³/mol. The summed E-state index contributed by atoms with van der Waals surface area (Å²) in [5, 5.41) is 9.86. The van der Waals surface area contributed by atoms with Gasteiger partial charge in [-0.1, -0.05) is 60.7 Å². The SMILES string of the molecule is COc1cc(OCc2ccccc2)c(CO)c(OCc2ccccc2)c1. The van der Waals surface area contributed by atoms with E-state index in [2.05, 4.69) is 0 Å². The first-order valence-electron chi connectivity index (χ1n) is 8.45. The molecule has 4 nitrogen and oxygen atoms in total. The van der Waals surface area contributed by atoms with E-state index < -0.39 is 0 Å². The number of aliphatic hydroxyl groups excluding tert-OH is 1. The number of ether oxygens (including phenoxy) is 3. The van der Waals surface area contributed by atoms with Crippen LogP contribution >= 0.6 is 0 Å². The van der Waals surface area contributed by atoms with Crippen LogP contribution in [-0.4, -0.2) is 12.2 Å². The van der Waals surface area contributed by atoms with Crippen molar-refractivity contribution in [1.82, 2.24) is 0 Å². The number of rotatable bonds is 8. The van der Waals surface area contributed by atoms with Crippen LogP contribution in [0, 0.1) is 0 Å². The lowest BCUT2D eigenvalue weighted by Gasteiger charge is -2.17. The topological polar surface area (TPSA) is 47.9 Å². The fraction of sp³-hybridized carbons (Fsp3) is 0.182. The maximum Gasteiger partial charge on any atom is 0.132 e. The first kappa shape index (κ1) is 17.8. The van der Waals surface area contributed by atoms with E-state index >= 15 is 0 Å². The van der Waals surface area contributed by atoms with Crippen molar-refractivity contribution in [3.63, 3.8) is 0 Å². The standard InChI is InChI=1S/C22H22O4/c1-24-19-12-21(25-15-17-8-4-2-5-9-17)20(14-23)22(13-19)26-16-18-10-6-3-7-11-18/h2-13,23H,14-16H2,1H3. The van der Waals surface area contributed by atoms with Gasteiger partial charge in [-0.25, -0.2) is 0 Å². The third-order valence-electron chi connectivity index (χ3n) is 4.01. The van der Waals surface area contributed by atoms with Crippen LogP contribution in [0.4, 0.5) is 0 Å². The molecule has 0 radical (unpaired) electrons. The van der Waals surface area contributed by atoms with Crippen LogP contribution in [0.15, 0.2) is 72.8 Å². The van der Waals surface area contributed by atoms with Crippen molar-refractivity contribution in [3.05, 3.63) is 89.5 Å². The third-order valence-corrected chi connectivity index (χ3v) is 4.01. The zero-order valence-corrected chi connectivity index (χ0v) is 14.7. The van der Waals surface area contributed by atoms with E-state index in [0.717, 1.165) is 11.1 Å². The van der Waals surface area contributed by atoms with E-state index in [4.69, 9.17) is 14.2 Å². The minimum Gasteiger partial charge on any atom is -0.496 e. The second kappa shape index (κ2) is 8.92. The fourth-order valence-corrected chi connectivity index (χ4v) is 2.60. The highest BCUT2D eigenvalue weighted by atomic mass is 16.5. The van der Waals surface area contributed by atoms with Gasteiger partial charge in [-0.2, -0.15) is 0 Å². The number of hydrogen-bond acceptors (Lipinski definition) is 4. The van der Waals surface area contributed by atoms with Gasteiger partial charge in [0.2, 0.25) is 0 Å². The zero-order chi connectivity index (χ0) is 18.2.